The Morgan fingerprint density at radius 3 is 2.67 bits per heavy atom. The molecule has 150 valence electrons. The second-order valence-corrected chi connectivity index (χ2v) is 6.98. The molecule has 0 atom stereocenters. The Labute approximate surface area is 175 Å². The molecule has 1 N–H and O–H groups in total. The molecule has 0 spiro atoms. The number of ether oxygens (including phenoxy) is 2. The van der Waals surface area contributed by atoms with Gasteiger partial charge in [0.05, 0.1) is 23.9 Å². The number of hydrogen-bond donors (Lipinski definition) is 1. The summed E-state index contributed by atoms with van der Waals surface area (Å²) in [6, 6.07) is 12.5. The van der Waals surface area contributed by atoms with E-state index >= 15 is 0 Å². The maximum Gasteiger partial charge on any atom is 0.340 e. The number of nitrogens with one attached hydrogen (secondary N) is 1. The number of benzene rings is 2. The monoisotopic (exact) mass is 420 g/mol. The van der Waals surface area contributed by atoms with E-state index in [2.05, 4.69) is 20.3 Å². The van der Waals surface area contributed by atoms with E-state index in [0.717, 1.165) is 17.0 Å². The largest absolute Gasteiger partial charge is 0.497 e. The number of rotatable bonds is 6. The average Bonchev–Trinajstić information content (AvgIpc) is 3.25. The van der Waals surface area contributed by atoms with E-state index in [4.69, 9.17) is 9.47 Å². The summed E-state index contributed by atoms with van der Waals surface area (Å²) in [5, 5.41) is 4.88. The molecule has 2 heterocycles. The predicted octanol–water partition coefficient (Wildman–Crippen LogP) is 3.56. The molecule has 8 nitrogen and oxygen atoms in total. The third kappa shape index (κ3) is 4.26. The van der Waals surface area contributed by atoms with Crippen LogP contribution in [0.1, 0.15) is 10.4 Å². The van der Waals surface area contributed by atoms with Crippen LogP contribution in [0.4, 0.5) is 5.13 Å². The molecule has 2 aromatic heterocycles. The van der Waals surface area contributed by atoms with E-state index in [0.29, 0.717) is 16.2 Å². The first-order valence-corrected chi connectivity index (χ1v) is 9.78. The number of carbonyl (C=O) groups excluding carboxylic acids is 2. The summed E-state index contributed by atoms with van der Waals surface area (Å²) in [4.78, 5) is 37.2. The van der Waals surface area contributed by atoms with Gasteiger partial charge in [-0.1, -0.05) is 6.07 Å². The van der Waals surface area contributed by atoms with Crippen LogP contribution in [0.3, 0.4) is 0 Å². The van der Waals surface area contributed by atoms with Gasteiger partial charge in [-0.15, -0.1) is 11.3 Å². The van der Waals surface area contributed by atoms with Gasteiger partial charge in [-0.05, 0) is 36.4 Å². The lowest BCUT2D eigenvalue weighted by Crippen LogP contribution is -2.21. The SMILES string of the molecule is COc1ccc(-c2csc(NC(=O)COC(=O)c3cccc4nccnc34)n2)cc1. The van der Waals surface area contributed by atoms with Crippen LogP contribution in [0.5, 0.6) is 5.75 Å². The fourth-order valence-electron chi connectivity index (χ4n) is 2.75. The lowest BCUT2D eigenvalue weighted by atomic mass is 10.2. The smallest absolute Gasteiger partial charge is 0.340 e. The second-order valence-electron chi connectivity index (χ2n) is 6.12. The zero-order valence-electron chi connectivity index (χ0n) is 15.9. The van der Waals surface area contributed by atoms with Crippen LogP contribution in [0.25, 0.3) is 22.3 Å². The highest BCUT2D eigenvalue weighted by molar-refractivity contribution is 7.14. The number of methoxy groups -OCH3 is 1. The third-order valence-corrected chi connectivity index (χ3v) is 4.95. The molecule has 0 saturated heterocycles. The number of nitrogens with zero attached hydrogens (tertiary/aromatic N) is 3. The summed E-state index contributed by atoms with van der Waals surface area (Å²) in [5.74, 6) is -0.374. The number of para-hydroxylation sites is 1. The lowest BCUT2D eigenvalue weighted by Gasteiger charge is -2.06. The van der Waals surface area contributed by atoms with Crippen molar-refractivity contribution in [1.82, 2.24) is 15.0 Å². The van der Waals surface area contributed by atoms with Crippen molar-refractivity contribution in [3.8, 4) is 17.0 Å². The molecule has 0 aliphatic carbocycles. The molecule has 0 fully saturated rings. The van der Waals surface area contributed by atoms with Crippen molar-refractivity contribution >= 4 is 39.4 Å². The van der Waals surface area contributed by atoms with Crippen molar-refractivity contribution in [2.24, 2.45) is 0 Å². The Bertz CT molecular complexity index is 1200. The molecule has 4 rings (SSSR count). The highest BCUT2D eigenvalue weighted by atomic mass is 32.1. The van der Waals surface area contributed by atoms with Crippen LogP contribution in [-0.2, 0) is 9.53 Å². The number of hydrogen-bond acceptors (Lipinski definition) is 8. The van der Waals surface area contributed by atoms with E-state index in [1.54, 1.807) is 31.5 Å². The predicted molar refractivity (Wildman–Crippen MR) is 113 cm³/mol. The minimum Gasteiger partial charge on any atom is -0.497 e. The maximum absolute atomic E-state index is 12.4. The zero-order chi connectivity index (χ0) is 20.9. The first-order chi connectivity index (χ1) is 14.6. The summed E-state index contributed by atoms with van der Waals surface area (Å²) in [5.41, 5.74) is 2.88. The number of fused-ring (bicyclic) bond motifs is 1. The van der Waals surface area contributed by atoms with Crippen molar-refractivity contribution in [1.29, 1.82) is 0 Å². The zero-order valence-corrected chi connectivity index (χ0v) is 16.7. The van der Waals surface area contributed by atoms with Crippen LogP contribution in [0.15, 0.2) is 60.2 Å². The van der Waals surface area contributed by atoms with Crippen LogP contribution in [0.2, 0.25) is 0 Å². The maximum atomic E-state index is 12.4. The average molecular weight is 420 g/mol. The normalized spacial score (nSPS) is 10.6. The van der Waals surface area contributed by atoms with Crippen molar-refractivity contribution in [2.45, 2.75) is 0 Å². The highest BCUT2D eigenvalue weighted by Gasteiger charge is 2.15. The van der Waals surface area contributed by atoms with Crippen molar-refractivity contribution < 1.29 is 19.1 Å². The van der Waals surface area contributed by atoms with E-state index in [1.807, 2.05) is 29.6 Å². The number of esters is 1. The number of thiazole rings is 1. The van der Waals surface area contributed by atoms with Gasteiger partial charge in [0.1, 0.15) is 11.3 Å². The number of aromatic nitrogens is 3. The second kappa shape index (κ2) is 8.66. The van der Waals surface area contributed by atoms with E-state index in [9.17, 15) is 9.59 Å². The van der Waals surface area contributed by atoms with Gasteiger partial charge in [0.15, 0.2) is 11.7 Å². The van der Waals surface area contributed by atoms with Crippen molar-refractivity contribution in [2.75, 3.05) is 19.0 Å². The molecular weight excluding hydrogens is 404 g/mol. The molecule has 2 aromatic carbocycles. The Kier molecular flexibility index (Phi) is 5.62. The van der Waals surface area contributed by atoms with Gasteiger partial charge in [0, 0.05) is 23.3 Å². The number of carbonyl (C=O) groups is 2. The number of anilines is 1. The standard InChI is InChI=1S/C21H16N4O4S/c1-28-14-7-5-13(6-8-14)17-12-30-21(24-17)25-18(26)11-29-20(27)15-3-2-4-16-19(15)23-10-9-22-16/h2-10,12H,11H2,1H3,(H,24,25,26). The first kappa shape index (κ1) is 19.5. The van der Waals surface area contributed by atoms with Gasteiger partial charge < -0.3 is 9.47 Å². The molecule has 0 aliphatic rings. The summed E-state index contributed by atoms with van der Waals surface area (Å²) < 4.78 is 10.3. The summed E-state index contributed by atoms with van der Waals surface area (Å²) in [6.45, 7) is -0.438. The molecule has 0 unspecified atom stereocenters. The molecule has 4 aromatic rings. The van der Waals surface area contributed by atoms with E-state index < -0.39 is 18.5 Å². The van der Waals surface area contributed by atoms with Crippen molar-refractivity contribution in [3.05, 3.63) is 65.8 Å². The number of amides is 1. The van der Waals surface area contributed by atoms with E-state index in [-0.39, 0.29) is 5.56 Å². The summed E-state index contributed by atoms with van der Waals surface area (Å²) in [7, 11) is 1.60. The summed E-state index contributed by atoms with van der Waals surface area (Å²) in [6.07, 6.45) is 3.04. The minimum absolute atomic E-state index is 0.254. The van der Waals surface area contributed by atoms with Crippen molar-refractivity contribution in [3.63, 3.8) is 0 Å². The van der Waals surface area contributed by atoms with Gasteiger partial charge in [0.25, 0.3) is 5.91 Å². The van der Waals surface area contributed by atoms with Gasteiger partial charge in [-0.3, -0.25) is 20.1 Å². The van der Waals surface area contributed by atoms with E-state index in [1.165, 1.54) is 17.5 Å². The highest BCUT2D eigenvalue weighted by Crippen LogP contribution is 2.26. The van der Waals surface area contributed by atoms with Crippen LogP contribution in [0, 0.1) is 0 Å². The Balaban J connectivity index is 1.37. The molecule has 0 bridgehead atoms. The van der Waals surface area contributed by atoms with Gasteiger partial charge >= 0.3 is 5.97 Å². The molecule has 0 saturated carbocycles. The van der Waals surface area contributed by atoms with Crippen LogP contribution < -0.4 is 10.1 Å². The van der Waals surface area contributed by atoms with Gasteiger partial charge in [0.2, 0.25) is 0 Å². The van der Waals surface area contributed by atoms with Crippen LogP contribution >= 0.6 is 11.3 Å². The Morgan fingerprint density at radius 1 is 1.07 bits per heavy atom. The van der Waals surface area contributed by atoms with Crippen LogP contribution in [-0.4, -0.2) is 40.5 Å². The quantitative estimate of drug-likeness (QED) is 0.476. The molecular formula is C21H16N4O4S. The third-order valence-electron chi connectivity index (χ3n) is 4.19. The molecule has 30 heavy (non-hydrogen) atoms. The molecule has 0 aliphatic heterocycles. The molecule has 0 radical (unpaired) electrons. The fraction of sp³-hybridized carbons (Fsp3) is 0.0952. The first-order valence-electron chi connectivity index (χ1n) is 8.91. The van der Waals surface area contributed by atoms with Gasteiger partial charge in [-0.25, -0.2) is 9.78 Å². The van der Waals surface area contributed by atoms with Gasteiger partial charge in [-0.2, -0.15) is 0 Å². The minimum atomic E-state index is -0.644. The summed E-state index contributed by atoms with van der Waals surface area (Å²) >= 11 is 1.28. The fourth-order valence-corrected chi connectivity index (χ4v) is 3.48. The molecule has 9 heteroatoms. The lowest BCUT2D eigenvalue weighted by molar-refractivity contribution is -0.119. The molecule has 1 amide bonds. The topological polar surface area (TPSA) is 103 Å². The Hall–Kier alpha value is -3.85. The Morgan fingerprint density at radius 2 is 1.87 bits per heavy atom.